The van der Waals surface area contributed by atoms with Crippen LogP contribution in [-0.4, -0.2) is 21.9 Å². The first kappa shape index (κ1) is 17.5. The van der Waals surface area contributed by atoms with E-state index in [-0.39, 0.29) is 11.9 Å². The summed E-state index contributed by atoms with van der Waals surface area (Å²) in [6, 6.07) is 13.5. The Kier molecular flexibility index (Phi) is 5.17. The van der Waals surface area contributed by atoms with Gasteiger partial charge in [0.2, 0.25) is 0 Å². The maximum Gasteiger partial charge on any atom is 0.270 e. The molecule has 0 spiro atoms. The van der Waals surface area contributed by atoms with Gasteiger partial charge in [-0.05, 0) is 30.2 Å². The van der Waals surface area contributed by atoms with E-state index in [1.165, 1.54) is 6.33 Å². The molecule has 0 aliphatic carbocycles. The van der Waals surface area contributed by atoms with Crippen LogP contribution in [0, 0.1) is 0 Å². The molecule has 26 heavy (non-hydrogen) atoms. The Morgan fingerprint density at radius 2 is 1.85 bits per heavy atom. The van der Waals surface area contributed by atoms with E-state index in [1.54, 1.807) is 6.07 Å². The van der Waals surface area contributed by atoms with Crippen molar-refractivity contribution in [3.05, 3.63) is 54.4 Å². The minimum absolute atomic E-state index is 0.227. The van der Waals surface area contributed by atoms with Crippen molar-refractivity contribution in [1.29, 1.82) is 0 Å². The molecule has 1 amide bonds. The van der Waals surface area contributed by atoms with E-state index in [9.17, 15) is 4.79 Å². The van der Waals surface area contributed by atoms with Crippen molar-refractivity contribution in [2.45, 2.75) is 26.3 Å². The number of aromatic nitrogens is 2. The standard InChI is InChI=1S/C19H22N6O/c1-3-12(2)23-17-16(20)18(22-11-21-17)24-25-19(26)15-10-6-8-13-7-4-5-9-14(13)15/h4-12H,3,20H2,1-2H3,(H,25,26)(H2,21,22,23,24). The molecule has 0 radical (unpaired) electrons. The molecule has 7 nitrogen and oxygen atoms in total. The van der Waals surface area contributed by atoms with Crippen molar-refractivity contribution in [2.24, 2.45) is 0 Å². The Bertz CT molecular complexity index is 922. The topological polar surface area (TPSA) is 105 Å². The van der Waals surface area contributed by atoms with Gasteiger partial charge in [-0.15, -0.1) is 0 Å². The molecule has 2 aromatic carbocycles. The van der Waals surface area contributed by atoms with Gasteiger partial charge in [-0.3, -0.25) is 15.6 Å². The van der Waals surface area contributed by atoms with Crippen LogP contribution in [0.15, 0.2) is 48.8 Å². The van der Waals surface area contributed by atoms with E-state index >= 15 is 0 Å². The summed E-state index contributed by atoms with van der Waals surface area (Å²) in [5.74, 6) is 0.617. The number of carbonyl (C=O) groups is 1. The Balaban J connectivity index is 1.76. The fraction of sp³-hybridized carbons (Fsp3) is 0.211. The van der Waals surface area contributed by atoms with Crippen molar-refractivity contribution >= 4 is 34.0 Å². The summed E-state index contributed by atoms with van der Waals surface area (Å²) < 4.78 is 0. The number of rotatable bonds is 6. The lowest BCUT2D eigenvalue weighted by atomic mass is 10.0. The summed E-state index contributed by atoms with van der Waals surface area (Å²) in [4.78, 5) is 20.8. The van der Waals surface area contributed by atoms with Crippen LogP contribution in [0.1, 0.15) is 30.6 Å². The first-order chi connectivity index (χ1) is 12.6. The molecule has 1 atom stereocenters. The van der Waals surface area contributed by atoms with Crippen LogP contribution in [0.4, 0.5) is 17.3 Å². The van der Waals surface area contributed by atoms with E-state index in [0.717, 1.165) is 17.2 Å². The SMILES string of the molecule is CCC(C)Nc1ncnc(NNC(=O)c2cccc3ccccc23)c1N. The average molecular weight is 350 g/mol. The zero-order valence-corrected chi connectivity index (χ0v) is 14.8. The number of nitrogens with zero attached hydrogens (tertiary/aromatic N) is 2. The minimum Gasteiger partial charge on any atom is -0.393 e. The lowest BCUT2D eigenvalue weighted by molar-refractivity contribution is 0.0964. The number of hydrazine groups is 1. The third kappa shape index (κ3) is 3.66. The predicted molar refractivity (Wildman–Crippen MR) is 105 cm³/mol. The Labute approximate surface area is 152 Å². The van der Waals surface area contributed by atoms with Crippen LogP contribution < -0.4 is 21.9 Å². The van der Waals surface area contributed by atoms with Crippen LogP contribution >= 0.6 is 0 Å². The van der Waals surface area contributed by atoms with E-state index in [0.29, 0.717) is 22.9 Å². The van der Waals surface area contributed by atoms with Crippen molar-refractivity contribution in [2.75, 3.05) is 16.5 Å². The normalized spacial score (nSPS) is 11.8. The molecular formula is C19H22N6O. The van der Waals surface area contributed by atoms with Gasteiger partial charge in [0.1, 0.15) is 12.0 Å². The summed E-state index contributed by atoms with van der Waals surface area (Å²) in [5.41, 5.74) is 12.5. The number of nitrogen functional groups attached to an aromatic ring is 1. The third-order valence-electron chi connectivity index (χ3n) is 4.21. The average Bonchev–Trinajstić information content (AvgIpc) is 2.67. The fourth-order valence-corrected chi connectivity index (χ4v) is 2.55. The van der Waals surface area contributed by atoms with E-state index < -0.39 is 0 Å². The van der Waals surface area contributed by atoms with E-state index in [4.69, 9.17) is 5.73 Å². The lowest BCUT2D eigenvalue weighted by Crippen LogP contribution is -2.30. The summed E-state index contributed by atoms with van der Waals surface area (Å²) in [7, 11) is 0. The Morgan fingerprint density at radius 1 is 1.12 bits per heavy atom. The third-order valence-corrected chi connectivity index (χ3v) is 4.21. The molecular weight excluding hydrogens is 328 g/mol. The summed E-state index contributed by atoms with van der Waals surface area (Å²) in [6.07, 6.45) is 2.33. The number of nitrogens with two attached hydrogens (primary N) is 1. The van der Waals surface area contributed by atoms with Gasteiger partial charge in [0.15, 0.2) is 11.6 Å². The number of hydrogen-bond acceptors (Lipinski definition) is 6. The van der Waals surface area contributed by atoms with Crippen LogP contribution in [0.5, 0.6) is 0 Å². The molecule has 3 rings (SSSR count). The lowest BCUT2D eigenvalue weighted by Gasteiger charge is -2.16. The van der Waals surface area contributed by atoms with Crippen molar-refractivity contribution in [3.8, 4) is 0 Å². The monoisotopic (exact) mass is 350 g/mol. The number of nitrogens with one attached hydrogen (secondary N) is 3. The second kappa shape index (κ2) is 7.69. The van der Waals surface area contributed by atoms with E-state index in [1.807, 2.05) is 43.3 Å². The zero-order chi connectivity index (χ0) is 18.5. The fourth-order valence-electron chi connectivity index (χ4n) is 2.55. The van der Waals surface area contributed by atoms with Gasteiger partial charge in [-0.2, -0.15) is 0 Å². The molecule has 0 aliphatic heterocycles. The Morgan fingerprint density at radius 3 is 2.65 bits per heavy atom. The van der Waals surface area contributed by atoms with E-state index in [2.05, 4.69) is 33.1 Å². The molecule has 5 N–H and O–H groups in total. The number of benzene rings is 2. The molecule has 7 heteroatoms. The first-order valence-electron chi connectivity index (χ1n) is 8.51. The summed E-state index contributed by atoms with van der Waals surface area (Å²) in [5, 5.41) is 5.10. The highest BCUT2D eigenvalue weighted by Crippen LogP contribution is 2.23. The molecule has 0 saturated carbocycles. The summed E-state index contributed by atoms with van der Waals surface area (Å²) >= 11 is 0. The second-order valence-electron chi connectivity index (χ2n) is 6.04. The molecule has 0 aliphatic rings. The Hall–Kier alpha value is -3.35. The molecule has 3 aromatic rings. The maximum absolute atomic E-state index is 12.6. The number of anilines is 3. The van der Waals surface area contributed by atoms with Gasteiger partial charge in [-0.1, -0.05) is 43.3 Å². The van der Waals surface area contributed by atoms with Crippen molar-refractivity contribution in [1.82, 2.24) is 15.4 Å². The minimum atomic E-state index is -0.267. The van der Waals surface area contributed by atoms with Gasteiger partial charge in [0, 0.05) is 11.6 Å². The van der Waals surface area contributed by atoms with Crippen LogP contribution in [0.2, 0.25) is 0 Å². The highest BCUT2D eigenvalue weighted by molar-refractivity contribution is 6.07. The van der Waals surface area contributed by atoms with Gasteiger partial charge < -0.3 is 11.1 Å². The molecule has 0 fully saturated rings. The molecule has 1 heterocycles. The van der Waals surface area contributed by atoms with Crippen LogP contribution in [0.3, 0.4) is 0 Å². The largest absolute Gasteiger partial charge is 0.393 e. The number of amides is 1. The summed E-state index contributed by atoms with van der Waals surface area (Å²) in [6.45, 7) is 4.11. The number of fused-ring (bicyclic) bond motifs is 1. The van der Waals surface area contributed by atoms with Gasteiger partial charge in [0.05, 0.1) is 0 Å². The number of carbonyl (C=O) groups excluding carboxylic acids is 1. The smallest absolute Gasteiger partial charge is 0.270 e. The molecule has 1 unspecified atom stereocenters. The van der Waals surface area contributed by atoms with Crippen molar-refractivity contribution in [3.63, 3.8) is 0 Å². The van der Waals surface area contributed by atoms with Crippen LogP contribution in [-0.2, 0) is 0 Å². The van der Waals surface area contributed by atoms with Crippen molar-refractivity contribution < 1.29 is 4.79 Å². The van der Waals surface area contributed by atoms with Gasteiger partial charge >= 0.3 is 0 Å². The second-order valence-corrected chi connectivity index (χ2v) is 6.04. The highest BCUT2D eigenvalue weighted by atomic mass is 16.2. The van der Waals surface area contributed by atoms with Gasteiger partial charge in [-0.25, -0.2) is 9.97 Å². The number of hydrogen-bond donors (Lipinski definition) is 4. The molecule has 0 saturated heterocycles. The quantitative estimate of drug-likeness (QED) is 0.509. The maximum atomic E-state index is 12.6. The van der Waals surface area contributed by atoms with Gasteiger partial charge in [0.25, 0.3) is 5.91 Å². The first-order valence-corrected chi connectivity index (χ1v) is 8.51. The highest BCUT2D eigenvalue weighted by Gasteiger charge is 2.13. The predicted octanol–water partition coefficient (Wildman–Crippen LogP) is 3.18. The molecule has 1 aromatic heterocycles. The molecule has 134 valence electrons. The molecule has 0 bridgehead atoms. The van der Waals surface area contributed by atoms with Crippen LogP contribution in [0.25, 0.3) is 10.8 Å². The zero-order valence-electron chi connectivity index (χ0n) is 14.8.